The Morgan fingerprint density at radius 3 is 1.55 bits per heavy atom. The summed E-state index contributed by atoms with van der Waals surface area (Å²) in [6.45, 7) is 5.66. The lowest BCUT2D eigenvalue weighted by Crippen LogP contribution is -2.17. The first-order chi connectivity index (χ1) is 14.6. The van der Waals surface area contributed by atoms with Crippen LogP contribution in [0.15, 0.2) is 76.5 Å². The van der Waals surface area contributed by atoms with E-state index in [-0.39, 0.29) is 9.79 Å². The Hall–Kier alpha value is -2.84. The van der Waals surface area contributed by atoms with Crippen LogP contribution in [0.1, 0.15) is 30.5 Å². The molecule has 8 heteroatoms. The van der Waals surface area contributed by atoms with Crippen molar-refractivity contribution in [3.05, 3.63) is 83.4 Å². The highest BCUT2D eigenvalue weighted by molar-refractivity contribution is 7.93. The van der Waals surface area contributed by atoms with Crippen LogP contribution in [0.4, 0.5) is 11.4 Å². The quantitative estimate of drug-likeness (QED) is 0.511. The van der Waals surface area contributed by atoms with Crippen LogP contribution in [0.5, 0.6) is 0 Å². The SMILES string of the molecule is CCc1ccc(NS(=O)(=O)c2ccc(C)c(S(=O)(=O)Nc3ccc(CC)cc3)c2)cc1. The molecule has 0 aliphatic rings. The summed E-state index contributed by atoms with van der Waals surface area (Å²) in [6.07, 6.45) is 1.70. The number of hydrogen-bond donors (Lipinski definition) is 2. The molecular weight excluding hydrogens is 432 g/mol. The van der Waals surface area contributed by atoms with Crippen LogP contribution in [0.3, 0.4) is 0 Å². The lowest BCUT2D eigenvalue weighted by molar-refractivity contribution is 0.599. The average Bonchev–Trinajstić information content (AvgIpc) is 2.74. The predicted octanol–water partition coefficient (Wildman–Crippen LogP) is 4.72. The molecule has 0 aliphatic heterocycles. The molecule has 3 aromatic carbocycles. The molecule has 31 heavy (non-hydrogen) atoms. The van der Waals surface area contributed by atoms with Crippen molar-refractivity contribution in [3.8, 4) is 0 Å². The van der Waals surface area contributed by atoms with Gasteiger partial charge in [-0.2, -0.15) is 0 Å². The topological polar surface area (TPSA) is 92.3 Å². The van der Waals surface area contributed by atoms with E-state index in [0.29, 0.717) is 16.9 Å². The van der Waals surface area contributed by atoms with E-state index in [4.69, 9.17) is 0 Å². The van der Waals surface area contributed by atoms with Gasteiger partial charge in [0.25, 0.3) is 20.0 Å². The minimum atomic E-state index is -3.97. The molecule has 0 bridgehead atoms. The first kappa shape index (κ1) is 22.8. The van der Waals surface area contributed by atoms with Gasteiger partial charge in [-0.15, -0.1) is 0 Å². The summed E-state index contributed by atoms with van der Waals surface area (Å²) in [7, 11) is -7.93. The number of sulfonamides is 2. The number of rotatable bonds is 8. The second-order valence-corrected chi connectivity index (χ2v) is 10.6. The number of anilines is 2. The van der Waals surface area contributed by atoms with Crippen molar-refractivity contribution in [2.45, 2.75) is 43.4 Å². The third-order valence-corrected chi connectivity index (χ3v) is 7.89. The molecule has 0 saturated heterocycles. The Morgan fingerprint density at radius 2 is 1.10 bits per heavy atom. The fraction of sp³-hybridized carbons (Fsp3) is 0.217. The van der Waals surface area contributed by atoms with E-state index in [9.17, 15) is 16.8 Å². The molecule has 0 amide bonds. The smallest absolute Gasteiger partial charge is 0.262 e. The number of nitrogens with one attached hydrogen (secondary N) is 2. The maximum atomic E-state index is 13.0. The molecule has 0 saturated carbocycles. The molecule has 0 radical (unpaired) electrons. The van der Waals surface area contributed by atoms with Gasteiger partial charge in [-0.05, 0) is 72.9 Å². The molecule has 0 aromatic heterocycles. The van der Waals surface area contributed by atoms with E-state index >= 15 is 0 Å². The number of benzene rings is 3. The van der Waals surface area contributed by atoms with Gasteiger partial charge in [0.1, 0.15) is 0 Å². The molecule has 3 rings (SSSR count). The van der Waals surface area contributed by atoms with Crippen molar-refractivity contribution in [2.24, 2.45) is 0 Å². The van der Waals surface area contributed by atoms with Crippen LogP contribution >= 0.6 is 0 Å². The van der Waals surface area contributed by atoms with Gasteiger partial charge >= 0.3 is 0 Å². The van der Waals surface area contributed by atoms with Crippen LogP contribution in [0.25, 0.3) is 0 Å². The van der Waals surface area contributed by atoms with Crippen molar-refractivity contribution in [1.82, 2.24) is 0 Å². The third kappa shape index (κ3) is 5.45. The number of aryl methyl sites for hydroxylation is 3. The van der Waals surface area contributed by atoms with Crippen LogP contribution in [0.2, 0.25) is 0 Å². The maximum absolute atomic E-state index is 13.0. The van der Waals surface area contributed by atoms with Crippen molar-refractivity contribution >= 4 is 31.4 Å². The van der Waals surface area contributed by atoms with Crippen LogP contribution in [0, 0.1) is 6.92 Å². The molecule has 0 atom stereocenters. The second kappa shape index (κ2) is 9.11. The van der Waals surface area contributed by atoms with E-state index in [1.165, 1.54) is 18.2 Å². The zero-order chi connectivity index (χ0) is 22.6. The van der Waals surface area contributed by atoms with Gasteiger partial charge in [0.05, 0.1) is 9.79 Å². The van der Waals surface area contributed by atoms with Gasteiger partial charge in [0.2, 0.25) is 0 Å². The summed E-state index contributed by atoms with van der Waals surface area (Å²) in [4.78, 5) is -0.212. The Morgan fingerprint density at radius 1 is 0.645 bits per heavy atom. The Balaban J connectivity index is 1.90. The van der Waals surface area contributed by atoms with Gasteiger partial charge in [-0.3, -0.25) is 9.44 Å². The van der Waals surface area contributed by atoms with Crippen LogP contribution in [-0.4, -0.2) is 16.8 Å². The van der Waals surface area contributed by atoms with Gasteiger partial charge in [0, 0.05) is 11.4 Å². The molecule has 0 fully saturated rings. The Bertz CT molecular complexity index is 1270. The number of hydrogen-bond acceptors (Lipinski definition) is 4. The second-order valence-electron chi connectivity index (χ2n) is 7.24. The normalized spacial score (nSPS) is 11.8. The Labute approximate surface area is 184 Å². The van der Waals surface area contributed by atoms with Gasteiger partial charge in [0.15, 0.2) is 0 Å². The third-order valence-electron chi connectivity index (χ3n) is 4.99. The molecule has 2 N–H and O–H groups in total. The van der Waals surface area contributed by atoms with Crippen LogP contribution < -0.4 is 9.44 Å². The molecule has 0 unspecified atom stereocenters. The Kier molecular flexibility index (Phi) is 6.71. The first-order valence-corrected chi connectivity index (χ1v) is 13.0. The van der Waals surface area contributed by atoms with Crippen molar-refractivity contribution in [1.29, 1.82) is 0 Å². The van der Waals surface area contributed by atoms with Gasteiger partial charge < -0.3 is 0 Å². The van der Waals surface area contributed by atoms with E-state index in [0.717, 1.165) is 24.0 Å². The van der Waals surface area contributed by atoms with Gasteiger partial charge in [-0.1, -0.05) is 44.2 Å². The highest BCUT2D eigenvalue weighted by atomic mass is 32.2. The van der Waals surface area contributed by atoms with Gasteiger partial charge in [-0.25, -0.2) is 16.8 Å². The maximum Gasteiger partial charge on any atom is 0.262 e. The van der Waals surface area contributed by atoms with Crippen LogP contribution in [-0.2, 0) is 32.9 Å². The molecule has 164 valence electrons. The highest BCUT2D eigenvalue weighted by Gasteiger charge is 2.22. The summed E-state index contributed by atoms with van der Waals surface area (Å²) in [5.74, 6) is 0. The van der Waals surface area contributed by atoms with E-state index in [2.05, 4.69) is 9.44 Å². The van der Waals surface area contributed by atoms with E-state index in [1.54, 1.807) is 31.2 Å². The fourth-order valence-corrected chi connectivity index (χ4v) is 5.57. The molecule has 0 spiro atoms. The molecule has 0 heterocycles. The van der Waals surface area contributed by atoms with E-state index in [1.807, 2.05) is 38.1 Å². The largest absolute Gasteiger partial charge is 0.280 e. The lowest BCUT2D eigenvalue weighted by Gasteiger charge is -2.13. The lowest BCUT2D eigenvalue weighted by atomic mass is 10.2. The monoisotopic (exact) mass is 458 g/mol. The summed E-state index contributed by atoms with van der Waals surface area (Å²) in [6, 6.07) is 18.2. The van der Waals surface area contributed by atoms with E-state index < -0.39 is 20.0 Å². The highest BCUT2D eigenvalue weighted by Crippen LogP contribution is 2.25. The molecule has 3 aromatic rings. The summed E-state index contributed by atoms with van der Waals surface area (Å²) in [5.41, 5.74) is 3.45. The van der Waals surface area contributed by atoms with Crippen molar-refractivity contribution in [3.63, 3.8) is 0 Å². The molecule has 0 aliphatic carbocycles. The molecular formula is C23H26N2O4S2. The zero-order valence-corrected chi connectivity index (χ0v) is 19.3. The average molecular weight is 459 g/mol. The molecule has 6 nitrogen and oxygen atoms in total. The van der Waals surface area contributed by atoms with Crippen molar-refractivity contribution in [2.75, 3.05) is 9.44 Å². The minimum absolute atomic E-state index is 0.0868. The standard InChI is InChI=1S/C23H26N2O4S2/c1-4-18-7-11-20(12-8-18)24-30(26,27)22-15-6-17(3)23(16-22)31(28,29)25-21-13-9-19(5-2)10-14-21/h6-16,24-25H,4-5H2,1-3H3. The fourth-order valence-electron chi connectivity index (χ4n) is 3.08. The van der Waals surface area contributed by atoms with Crippen molar-refractivity contribution < 1.29 is 16.8 Å². The zero-order valence-electron chi connectivity index (χ0n) is 17.7. The summed E-state index contributed by atoms with van der Waals surface area (Å²) >= 11 is 0. The predicted molar refractivity (Wildman–Crippen MR) is 124 cm³/mol. The summed E-state index contributed by atoms with van der Waals surface area (Å²) in [5, 5.41) is 0. The minimum Gasteiger partial charge on any atom is -0.280 e. The summed E-state index contributed by atoms with van der Waals surface area (Å²) < 4.78 is 56.6. The first-order valence-electron chi connectivity index (χ1n) is 9.99.